The van der Waals surface area contributed by atoms with Crippen LogP contribution in [0.1, 0.15) is 40.0 Å². The van der Waals surface area contributed by atoms with Gasteiger partial charge >= 0.3 is 0 Å². The van der Waals surface area contributed by atoms with Crippen LogP contribution >= 0.6 is 15.9 Å². The molecule has 0 aromatic carbocycles. The van der Waals surface area contributed by atoms with Crippen molar-refractivity contribution in [3.63, 3.8) is 0 Å². The summed E-state index contributed by atoms with van der Waals surface area (Å²) in [6, 6.07) is 5.35. The lowest BCUT2D eigenvalue weighted by atomic mass is 10.2. The van der Waals surface area contributed by atoms with Gasteiger partial charge in [0.25, 0.3) is 6.47 Å². The van der Waals surface area contributed by atoms with Crippen molar-refractivity contribution in [1.29, 1.82) is 10.8 Å². The molecule has 0 fully saturated rings. The third-order valence-corrected chi connectivity index (χ3v) is 4.07. The van der Waals surface area contributed by atoms with Crippen molar-refractivity contribution in [3.05, 3.63) is 28.3 Å². The second-order valence-corrected chi connectivity index (χ2v) is 7.91. The van der Waals surface area contributed by atoms with E-state index in [2.05, 4.69) is 32.6 Å². The molecule has 0 radical (unpaired) electrons. The molecule has 154 valence electrons. The number of rotatable bonds is 9. The fraction of sp³-hybridized carbons (Fsp3) is 0.632. The van der Waals surface area contributed by atoms with Crippen LogP contribution < -0.4 is 5.49 Å². The Bertz CT molecular complexity index is 626. The molecule has 8 heteroatoms. The molecule has 27 heavy (non-hydrogen) atoms. The van der Waals surface area contributed by atoms with Crippen LogP contribution in [0, 0.1) is 10.8 Å². The first kappa shape index (κ1) is 25.5. The van der Waals surface area contributed by atoms with E-state index >= 15 is 0 Å². The highest BCUT2D eigenvalue weighted by Gasteiger charge is 2.07. The summed E-state index contributed by atoms with van der Waals surface area (Å²) in [4.78, 5) is 11.8. The zero-order valence-electron chi connectivity index (χ0n) is 17.0. The molecule has 0 aliphatic carbocycles. The second kappa shape index (κ2) is 13.6. The van der Waals surface area contributed by atoms with Crippen molar-refractivity contribution in [3.8, 4) is 0 Å². The number of ether oxygens (including phenoxy) is 2. The van der Waals surface area contributed by atoms with Gasteiger partial charge in [-0.15, -0.1) is 0 Å². The number of nitrogens with one attached hydrogen (secondary N) is 2. The van der Waals surface area contributed by atoms with Crippen molar-refractivity contribution >= 4 is 28.2 Å². The lowest BCUT2D eigenvalue weighted by Gasteiger charge is -2.17. The number of hydrogen-bond acceptors (Lipinski definition) is 6. The van der Waals surface area contributed by atoms with Crippen LogP contribution in [0.5, 0.6) is 0 Å². The molecule has 0 aliphatic rings. The number of carbonyl (C=O) groups is 1. The van der Waals surface area contributed by atoms with Gasteiger partial charge in [0.15, 0.2) is 0 Å². The summed E-state index contributed by atoms with van der Waals surface area (Å²) in [7, 11) is 3.80. The lowest BCUT2D eigenvalue weighted by molar-refractivity contribution is -0.138. The van der Waals surface area contributed by atoms with Crippen LogP contribution in [0.15, 0.2) is 22.8 Å². The van der Waals surface area contributed by atoms with Gasteiger partial charge in [0.2, 0.25) is 0 Å². The maximum atomic E-state index is 9.60. The number of hydrogen-bond donors (Lipinski definition) is 2. The van der Waals surface area contributed by atoms with Gasteiger partial charge in [0.05, 0.1) is 4.60 Å². The first-order chi connectivity index (χ1) is 12.6. The van der Waals surface area contributed by atoms with E-state index in [-0.39, 0.29) is 5.60 Å². The minimum atomic E-state index is -0.318. The van der Waals surface area contributed by atoms with E-state index in [1.807, 2.05) is 26.8 Å². The lowest BCUT2D eigenvalue weighted by Crippen LogP contribution is -2.28. The Hall–Kier alpha value is -1.51. The molecule has 0 aliphatic heterocycles. The van der Waals surface area contributed by atoms with Crippen LogP contribution in [0.25, 0.3) is 0 Å². The molecular formula is C19H33BrN4O3. The number of carbonyl (C=O) groups excluding carboxylic acids is 1. The molecule has 0 saturated carbocycles. The zero-order chi connectivity index (χ0) is 20.9. The minimum absolute atomic E-state index is 0.318. The Labute approximate surface area is 170 Å². The van der Waals surface area contributed by atoms with E-state index in [0.717, 1.165) is 37.1 Å². The molecule has 1 aromatic heterocycles. The summed E-state index contributed by atoms with van der Waals surface area (Å²) in [5.74, 6) is 0.452. The van der Waals surface area contributed by atoms with Gasteiger partial charge < -0.3 is 14.4 Å². The van der Waals surface area contributed by atoms with Gasteiger partial charge in [0.1, 0.15) is 16.9 Å². The minimum Gasteiger partial charge on any atom is -0.462 e. The van der Waals surface area contributed by atoms with E-state index in [0.29, 0.717) is 24.2 Å². The van der Waals surface area contributed by atoms with E-state index in [1.165, 1.54) is 0 Å². The zero-order valence-corrected chi connectivity index (χ0v) is 18.6. The number of methoxy groups -OCH3 is 1. The summed E-state index contributed by atoms with van der Waals surface area (Å²) in [6.45, 7) is 8.66. The Morgan fingerprint density at radius 1 is 1.30 bits per heavy atom. The third-order valence-electron chi connectivity index (χ3n) is 3.46. The largest absolute Gasteiger partial charge is 0.462 e. The second-order valence-electron chi connectivity index (χ2n) is 7.10. The molecule has 1 aromatic rings. The third kappa shape index (κ3) is 12.5. The van der Waals surface area contributed by atoms with Crippen molar-refractivity contribution in [2.24, 2.45) is 0 Å². The van der Waals surface area contributed by atoms with Crippen molar-refractivity contribution in [1.82, 2.24) is 9.47 Å². The average molecular weight is 445 g/mol. The predicted octanol–water partition coefficient (Wildman–Crippen LogP) is 3.26. The topological polar surface area (TPSA) is 91.4 Å². The van der Waals surface area contributed by atoms with Crippen molar-refractivity contribution < 1.29 is 14.3 Å². The van der Waals surface area contributed by atoms with Gasteiger partial charge in [-0.2, -0.15) is 0 Å². The summed E-state index contributed by atoms with van der Waals surface area (Å²) in [6.07, 6.45) is 2.60. The predicted molar refractivity (Wildman–Crippen MR) is 111 cm³/mol. The Morgan fingerprint density at radius 3 is 2.41 bits per heavy atom. The maximum absolute atomic E-state index is 9.60. The van der Waals surface area contributed by atoms with Gasteiger partial charge in [-0.25, -0.2) is 0 Å². The highest BCUT2D eigenvalue weighted by Crippen LogP contribution is 2.07. The molecule has 0 spiro atoms. The Balaban J connectivity index is 0.000000821. The van der Waals surface area contributed by atoms with Gasteiger partial charge in [-0.05, 0) is 75.3 Å². The normalized spacial score (nSPS) is 10.9. The fourth-order valence-electron chi connectivity index (χ4n) is 2.12. The van der Waals surface area contributed by atoms with Crippen LogP contribution in [-0.2, 0) is 14.3 Å². The van der Waals surface area contributed by atoms with E-state index < -0.39 is 0 Å². The number of pyridine rings is 1. The average Bonchev–Trinajstić information content (AvgIpc) is 2.54. The van der Waals surface area contributed by atoms with E-state index in [1.54, 1.807) is 23.8 Å². The van der Waals surface area contributed by atoms with Crippen LogP contribution in [0.2, 0.25) is 0 Å². The Morgan fingerprint density at radius 2 is 1.93 bits per heavy atom. The molecule has 7 nitrogen and oxygen atoms in total. The van der Waals surface area contributed by atoms with E-state index in [9.17, 15) is 4.79 Å². The quantitative estimate of drug-likeness (QED) is 0.201. The maximum Gasteiger partial charge on any atom is 0.293 e. The highest BCUT2D eigenvalue weighted by atomic mass is 79.9. The number of halogens is 1. The number of aromatic nitrogens is 1. The molecule has 0 unspecified atom stereocenters. The monoisotopic (exact) mass is 444 g/mol. The van der Waals surface area contributed by atoms with Crippen LogP contribution in [0.4, 0.5) is 0 Å². The van der Waals surface area contributed by atoms with Gasteiger partial charge in [-0.1, -0.05) is 6.07 Å². The highest BCUT2D eigenvalue weighted by molar-refractivity contribution is 9.10. The first-order valence-corrected chi connectivity index (χ1v) is 9.70. The summed E-state index contributed by atoms with van der Waals surface area (Å²) in [5.41, 5.74) is 0.0136. The van der Waals surface area contributed by atoms with Crippen LogP contribution in [-0.4, -0.2) is 61.2 Å². The molecule has 0 saturated heterocycles. The fourth-order valence-corrected chi connectivity index (χ4v) is 2.68. The van der Waals surface area contributed by atoms with Crippen molar-refractivity contribution in [2.75, 3.05) is 33.9 Å². The molecule has 0 amide bonds. The SMILES string of the molecule is CC(C)(C)OC=O.COCCCN(C)CCCC(=N)n1c(Br)cccc1=N. The van der Waals surface area contributed by atoms with E-state index in [4.69, 9.17) is 15.6 Å². The summed E-state index contributed by atoms with van der Waals surface area (Å²) < 4.78 is 11.9. The summed E-state index contributed by atoms with van der Waals surface area (Å²) >= 11 is 3.39. The standard InChI is InChI=1S/C14H23BrN4O.C5H10O2/c1-18(10-5-11-20-2)9-4-8-14(17)19-12(15)6-3-7-13(19)16;1-5(2,3)7-4-6/h3,6-7,16-17H,4-5,8-11H2,1-2H3;4H,1-3H3. The van der Waals surface area contributed by atoms with Gasteiger partial charge in [0, 0.05) is 26.7 Å². The molecule has 0 atom stereocenters. The Kier molecular flexibility index (Phi) is 12.9. The van der Waals surface area contributed by atoms with Gasteiger partial charge in [-0.3, -0.25) is 20.2 Å². The van der Waals surface area contributed by atoms with Crippen LogP contribution in [0.3, 0.4) is 0 Å². The molecule has 1 heterocycles. The molecule has 1 rings (SSSR count). The number of nitrogens with zero attached hydrogens (tertiary/aromatic N) is 2. The summed E-state index contributed by atoms with van der Waals surface area (Å²) in [5, 5.41) is 15.9. The molecular weight excluding hydrogens is 412 g/mol. The first-order valence-electron chi connectivity index (χ1n) is 8.91. The molecule has 2 N–H and O–H groups in total. The smallest absolute Gasteiger partial charge is 0.293 e. The van der Waals surface area contributed by atoms with Crippen molar-refractivity contribution in [2.45, 2.75) is 45.6 Å². The molecule has 0 bridgehead atoms.